The van der Waals surface area contributed by atoms with E-state index in [4.69, 9.17) is 0 Å². The Hall–Kier alpha value is -2.29. The predicted octanol–water partition coefficient (Wildman–Crippen LogP) is 2.69. The van der Waals surface area contributed by atoms with Crippen LogP contribution in [-0.4, -0.2) is 6.03 Å². The second-order valence-corrected chi connectivity index (χ2v) is 4.01. The van der Waals surface area contributed by atoms with Crippen molar-refractivity contribution in [2.45, 2.75) is 13.1 Å². The molecular weight excluding hydrogens is 223 g/mol. The second-order valence-electron chi connectivity index (χ2n) is 4.01. The van der Waals surface area contributed by atoms with Crippen LogP contribution in [0.1, 0.15) is 11.1 Å². The van der Waals surface area contributed by atoms with E-state index in [2.05, 4.69) is 10.6 Å². The molecule has 2 amide bonds. The van der Waals surface area contributed by atoms with Crippen LogP contribution in [0.25, 0.3) is 0 Å². The molecule has 0 bridgehead atoms. The Morgan fingerprint density at radius 3 is 1.50 bits per heavy atom. The molecule has 2 N–H and O–H groups in total. The molecular formula is C15H16N2O. The first-order valence-electron chi connectivity index (χ1n) is 5.94. The molecule has 0 saturated carbocycles. The van der Waals surface area contributed by atoms with Gasteiger partial charge >= 0.3 is 6.03 Å². The van der Waals surface area contributed by atoms with E-state index in [1.165, 1.54) is 0 Å². The molecule has 2 aromatic carbocycles. The number of carbonyl (C=O) groups excluding carboxylic acids is 1. The highest BCUT2D eigenvalue weighted by Crippen LogP contribution is 1.98. The van der Waals surface area contributed by atoms with Crippen molar-refractivity contribution in [2.75, 3.05) is 0 Å². The van der Waals surface area contributed by atoms with Crippen molar-refractivity contribution in [1.29, 1.82) is 0 Å². The smallest absolute Gasteiger partial charge is 0.315 e. The van der Waals surface area contributed by atoms with Gasteiger partial charge in [-0.05, 0) is 11.1 Å². The summed E-state index contributed by atoms with van der Waals surface area (Å²) in [6.45, 7) is 1.09. The lowest BCUT2D eigenvalue weighted by atomic mass is 10.1. The second kappa shape index (κ2) is 6.45. The first-order valence-corrected chi connectivity index (χ1v) is 5.94. The minimum atomic E-state index is -0.150. The average molecular weight is 239 g/mol. The van der Waals surface area contributed by atoms with E-state index in [0.717, 1.165) is 11.1 Å². The van der Waals surface area contributed by atoms with E-state index >= 15 is 0 Å². The van der Waals surface area contributed by atoms with Gasteiger partial charge in [0, 0.05) is 13.1 Å². The lowest BCUT2D eigenvalue weighted by Gasteiger charge is -2.07. The van der Waals surface area contributed by atoms with Crippen LogP contribution in [0.5, 0.6) is 0 Å². The number of amides is 2. The lowest BCUT2D eigenvalue weighted by molar-refractivity contribution is 0.240. The van der Waals surface area contributed by atoms with Crippen molar-refractivity contribution in [1.82, 2.24) is 10.6 Å². The van der Waals surface area contributed by atoms with Gasteiger partial charge in [0.2, 0.25) is 0 Å². The van der Waals surface area contributed by atoms with E-state index in [0.29, 0.717) is 13.1 Å². The highest BCUT2D eigenvalue weighted by atomic mass is 16.1. The molecule has 0 atom stereocenters. The van der Waals surface area contributed by atoms with Crippen LogP contribution >= 0.6 is 0 Å². The molecule has 0 unspecified atom stereocenters. The number of nitrogens with one attached hydrogen (secondary N) is 2. The Labute approximate surface area is 107 Å². The van der Waals surface area contributed by atoms with Crippen molar-refractivity contribution in [3.63, 3.8) is 0 Å². The van der Waals surface area contributed by atoms with Crippen LogP contribution in [0.2, 0.25) is 0 Å². The summed E-state index contributed by atoms with van der Waals surface area (Å²) in [4.78, 5) is 11.6. The third-order valence-electron chi connectivity index (χ3n) is 2.59. The topological polar surface area (TPSA) is 41.1 Å². The van der Waals surface area contributed by atoms with Crippen molar-refractivity contribution < 1.29 is 4.79 Å². The quantitative estimate of drug-likeness (QED) is 0.846. The third-order valence-corrected chi connectivity index (χ3v) is 2.59. The Bertz CT molecular complexity index is 437. The Balaban J connectivity index is 1.73. The predicted molar refractivity (Wildman–Crippen MR) is 72.0 cm³/mol. The summed E-state index contributed by atoms with van der Waals surface area (Å²) in [6.07, 6.45) is 0. The van der Waals surface area contributed by atoms with Gasteiger partial charge in [-0.15, -0.1) is 0 Å². The zero-order valence-corrected chi connectivity index (χ0v) is 10.1. The number of rotatable bonds is 4. The minimum Gasteiger partial charge on any atom is -0.334 e. The molecule has 2 aromatic rings. The fraction of sp³-hybridized carbons (Fsp3) is 0.133. The van der Waals surface area contributed by atoms with Crippen LogP contribution in [-0.2, 0) is 13.1 Å². The monoisotopic (exact) mass is 239 g/mol. The van der Waals surface area contributed by atoms with E-state index in [-0.39, 0.29) is 6.03 Å². The van der Waals surface area contributed by atoms with Gasteiger partial charge in [-0.25, -0.2) is 4.79 Å². The van der Waals surface area contributed by atoms with Crippen LogP contribution in [0.15, 0.2) is 60.7 Å². The standard InChI is InChI=1S/C15H16N2O/c18-15(16-11-13-7-3-1-4-8-13)17-12-14-9-5-2-6-10-14/h1-10H,11-12H2,(H2,16,17,18)/i15-1. The molecule has 3 heteroatoms. The van der Waals surface area contributed by atoms with Gasteiger partial charge in [-0.2, -0.15) is 0 Å². The molecule has 0 heterocycles. The molecule has 92 valence electrons. The van der Waals surface area contributed by atoms with E-state index in [1.807, 2.05) is 60.7 Å². The fourth-order valence-electron chi connectivity index (χ4n) is 1.62. The Morgan fingerprint density at radius 1 is 0.722 bits per heavy atom. The average Bonchev–Trinajstić information content (AvgIpc) is 2.45. The van der Waals surface area contributed by atoms with Crippen molar-refractivity contribution in [3.05, 3.63) is 71.8 Å². The molecule has 0 aromatic heterocycles. The summed E-state index contributed by atoms with van der Waals surface area (Å²) >= 11 is 0. The molecule has 0 saturated heterocycles. The maximum absolute atomic E-state index is 11.6. The van der Waals surface area contributed by atoms with Crippen molar-refractivity contribution in [3.8, 4) is 0 Å². The normalized spacial score (nSPS) is 9.78. The van der Waals surface area contributed by atoms with Gasteiger partial charge in [-0.1, -0.05) is 60.7 Å². The summed E-state index contributed by atoms with van der Waals surface area (Å²) in [5.41, 5.74) is 2.18. The van der Waals surface area contributed by atoms with Crippen LogP contribution < -0.4 is 10.6 Å². The highest BCUT2D eigenvalue weighted by Gasteiger charge is 1.99. The third kappa shape index (κ3) is 3.94. The van der Waals surface area contributed by atoms with Gasteiger partial charge < -0.3 is 10.6 Å². The van der Waals surface area contributed by atoms with Gasteiger partial charge in [-0.3, -0.25) is 0 Å². The molecule has 0 fully saturated rings. The SMILES string of the molecule is O=[11C](NCc1ccccc1)NCc1ccccc1. The first kappa shape index (κ1) is 12.2. The van der Waals surface area contributed by atoms with Gasteiger partial charge in [0.25, 0.3) is 0 Å². The van der Waals surface area contributed by atoms with Crippen LogP contribution in [0.3, 0.4) is 0 Å². The molecule has 0 radical (unpaired) electrons. The number of hydrogen-bond acceptors (Lipinski definition) is 1. The fourth-order valence-corrected chi connectivity index (χ4v) is 1.62. The summed E-state index contributed by atoms with van der Waals surface area (Å²) in [6, 6.07) is 19.5. The molecule has 2 rings (SSSR count). The minimum absolute atomic E-state index is 0.150. The molecule has 3 nitrogen and oxygen atoms in total. The zero-order valence-electron chi connectivity index (χ0n) is 10.1. The largest absolute Gasteiger partial charge is 0.334 e. The molecule has 0 aliphatic carbocycles. The van der Waals surface area contributed by atoms with Crippen molar-refractivity contribution >= 4 is 6.03 Å². The van der Waals surface area contributed by atoms with E-state index in [1.54, 1.807) is 0 Å². The van der Waals surface area contributed by atoms with E-state index in [9.17, 15) is 4.79 Å². The molecule has 18 heavy (non-hydrogen) atoms. The first-order chi connectivity index (χ1) is 8.84. The maximum atomic E-state index is 11.6. The molecule has 0 aliphatic rings. The highest BCUT2D eigenvalue weighted by molar-refractivity contribution is 5.73. The Morgan fingerprint density at radius 2 is 1.11 bits per heavy atom. The van der Waals surface area contributed by atoms with Crippen molar-refractivity contribution in [2.24, 2.45) is 0 Å². The molecule has 0 aliphatic heterocycles. The lowest BCUT2D eigenvalue weighted by Crippen LogP contribution is -2.34. The molecule has 0 spiro atoms. The maximum Gasteiger partial charge on any atom is 0.315 e. The summed E-state index contributed by atoms with van der Waals surface area (Å²) < 4.78 is 0. The zero-order chi connectivity index (χ0) is 12.6. The van der Waals surface area contributed by atoms with Gasteiger partial charge in [0.05, 0.1) is 0 Å². The number of benzene rings is 2. The van der Waals surface area contributed by atoms with Crippen LogP contribution in [0, 0.1) is 0 Å². The van der Waals surface area contributed by atoms with Gasteiger partial charge in [0.1, 0.15) is 0 Å². The summed E-state index contributed by atoms with van der Waals surface area (Å²) in [5.74, 6) is 0. The summed E-state index contributed by atoms with van der Waals surface area (Å²) in [7, 11) is 0. The van der Waals surface area contributed by atoms with E-state index < -0.39 is 0 Å². The summed E-state index contributed by atoms with van der Waals surface area (Å²) in [5, 5.41) is 5.64. The van der Waals surface area contributed by atoms with Gasteiger partial charge in [0.15, 0.2) is 0 Å². The number of carbonyl (C=O) groups is 1. The van der Waals surface area contributed by atoms with Crippen LogP contribution in [0.4, 0.5) is 4.79 Å². The number of urea groups is 1. The number of hydrogen-bond donors (Lipinski definition) is 2. The Kier molecular flexibility index (Phi) is 4.36.